The molecule has 1 aromatic carbocycles. The van der Waals surface area contributed by atoms with Crippen molar-refractivity contribution in [3.05, 3.63) is 35.4 Å². The monoisotopic (exact) mass is 305 g/mol. The van der Waals surface area contributed by atoms with Crippen molar-refractivity contribution >= 4 is 18.3 Å². The molecule has 1 saturated heterocycles. The minimum atomic E-state index is -0.834. The van der Waals surface area contributed by atoms with Crippen LogP contribution in [0.2, 0.25) is 0 Å². The molecule has 4 nitrogen and oxygen atoms in total. The molecule has 0 spiro atoms. The summed E-state index contributed by atoms with van der Waals surface area (Å²) in [5.74, 6) is -2.37. The molecule has 20 heavy (non-hydrogen) atoms. The molecule has 1 aliphatic rings. The smallest absolute Gasteiger partial charge is 0.257 e. The topological polar surface area (TPSA) is 44.4 Å². The molecule has 112 valence electrons. The van der Waals surface area contributed by atoms with Gasteiger partial charge in [0.15, 0.2) is 0 Å². The second-order valence-electron chi connectivity index (χ2n) is 4.44. The predicted molar refractivity (Wildman–Crippen MR) is 75.2 cm³/mol. The van der Waals surface area contributed by atoms with E-state index in [0.717, 1.165) is 38.3 Å². The second-order valence-corrected chi connectivity index (χ2v) is 4.44. The van der Waals surface area contributed by atoms with E-state index in [4.69, 9.17) is 0 Å². The van der Waals surface area contributed by atoms with E-state index in [0.29, 0.717) is 13.1 Å². The van der Waals surface area contributed by atoms with Crippen molar-refractivity contribution in [2.45, 2.75) is 0 Å². The highest BCUT2D eigenvalue weighted by Gasteiger charge is 2.17. The van der Waals surface area contributed by atoms with Crippen LogP contribution in [0.1, 0.15) is 10.4 Å². The third-order valence-electron chi connectivity index (χ3n) is 3.11. The number of hydrogen-bond acceptors (Lipinski definition) is 3. The van der Waals surface area contributed by atoms with Gasteiger partial charge in [-0.2, -0.15) is 0 Å². The van der Waals surface area contributed by atoms with Gasteiger partial charge in [0.2, 0.25) is 0 Å². The summed E-state index contributed by atoms with van der Waals surface area (Å²) >= 11 is 0. The highest BCUT2D eigenvalue weighted by Crippen LogP contribution is 2.11. The van der Waals surface area contributed by atoms with E-state index in [1.165, 1.54) is 6.07 Å². The number of halogens is 3. The molecule has 0 aromatic heterocycles. The van der Waals surface area contributed by atoms with Crippen LogP contribution in [0.4, 0.5) is 8.78 Å². The standard InChI is InChI=1S/C13H17F2N3O.ClH/c14-10-2-1-3-11(15)12(10)13(19)17-6-9-18-7-4-16-5-8-18;/h1-3,16H,4-9H2,(H,17,19);1H. The van der Waals surface area contributed by atoms with Crippen LogP contribution < -0.4 is 10.6 Å². The lowest BCUT2D eigenvalue weighted by Crippen LogP contribution is -2.46. The number of carbonyl (C=O) groups is 1. The summed E-state index contributed by atoms with van der Waals surface area (Å²) in [5.41, 5.74) is -0.511. The molecule has 7 heteroatoms. The Labute approximate surface area is 122 Å². The molecule has 0 atom stereocenters. The largest absolute Gasteiger partial charge is 0.351 e. The molecule has 1 heterocycles. The summed E-state index contributed by atoms with van der Waals surface area (Å²) in [6.07, 6.45) is 0. The van der Waals surface area contributed by atoms with Gasteiger partial charge in [-0.05, 0) is 12.1 Å². The summed E-state index contributed by atoms with van der Waals surface area (Å²) in [6, 6.07) is 3.39. The minimum absolute atomic E-state index is 0. The van der Waals surface area contributed by atoms with Crippen LogP contribution in [0.15, 0.2) is 18.2 Å². The molecule has 1 aliphatic heterocycles. The lowest BCUT2D eigenvalue weighted by molar-refractivity contribution is 0.0939. The van der Waals surface area contributed by atoms with Crippen molar-refractivity contribution in [2.75, 3.05) is 39.3 Å². The predicted octanol–water partition coefficient (Wildman–Crippen LogP) is 1.02. The molecule has 0 saturated carbocycles. The Morgan fingerprint density at radius 3 is 2.45 bits per heavy atom. The van der Waals surface area contributed by atoms with Gasteiger partial charge >= 0.3 is 0 Å². The summed E-state index contributed by atoms with van der Waals surface area (Å²) < 4.78 is 26.7. The third kappa shape index (κ3) is 4.40. The van der Waals surface area contributed by atoms with E-state index in [1.54, 1.807) is 0 Å². The van der Waals surface area contributed by atoms with Crippen LogP contribution in [0.25, 0.3) is 0 Å². The zero-order valence-electron chi connectivity index (χ0n) is 11.0. The molecule has 1 aromatic rings. The van der Waals surface area contributed by atoms with Crippen LogP contribution in [-0.4, -0.2) is 50.1 Å². The zero-order valence-corrected chi connectivity index (χ0v) is 11.8. The molecular weight excluding hydrogens is 288 g/mol. The first-order chi connectivity index (χ1) is 9.18. The number of amides is 1. The van der Waals surface area contributed by atoms with Gasteiger partial charge in [0.1, 0.15) is 17.2 Å². The lowest BCUT2D eigenvalue weighted by atomic mass is 10.2. The Kier molecular flexibility index (Phi) is 6.84. The van der Waals surface area contributed by atoms with E-state index in [2.05, 4.69) is 15.5 Å². The Bertz CT molecular complexity index is 433. The van der Waals surface area contributed by atoms with Gasteiger partial charge in [-0.25, -0.2) is 8.78 Å². The van der Waals surface area contributed by atoms with Crippen LogP contribution >= 0.6 is 12.4 Å². The zero-order chi connectivity index (χ0) is 13.7. The lowest BCUT2D eigenvalue weighted by Gasteiger charge is -2.27. The highest BCUT2D eigenvalue weighted by atomic mass is 35.5. The van der Waals surface area contributed by atoms with E-state index in [-0.39, 0.29) is 12.4 Å². The fraction of sp³-hybridized carbons (Fsp3) is 0.462. The van der Waals surface area contributed by atoms with Crippen molar-refractivity contribution in [3.63, 3.8) is 0 Å². The number of benzene rings is 1. The Morgan fingerprint density at radius 1 is 1.25 bits per heavy atom. The first-order valence-electron chi connectivity index (χ1n) is 6.34. The van der Waals surface area contributed by atoms with E-state index in [9.17, 15) is 13.6 Å². The first-order valence-corrected chi connectivity index (χ1v) is 6.34. The fourth-order valence-electron chi connectivity index (χ4n) is 2.07. The van der Waals surface area contributed by atoms with Crippen molar-refractivity contribution in [2.24, 2.45) is 0 Å². The van der Waals surface area contributed by atoms with E-state index < -0.39 is 23.1 Å². The highest BCUT2D eigenvalue weighted by molar-refractivity contribution is 5.94. The first kappa shape index (κ1) is 16.8. The Balaban J connectivity index is 0.00000200. The SMILES string of the molecule is Cl.O=C(NCCN1CCNCC1)c1c(F)cccc1F. The van der Waals surface area contributed by atoms with E-state index in [1.807, 2.05) is 0 Å². The van der Waals surface area contributed by atoms with Gasteiger partial charge in [0.25, 0.3) is 5.91 Å². The Hall–Kier alpha value is -1.24. The molecule has 0 bridgehead atoms. The molecule has 2 rings (SSSR count). The summed E-state index contributed by atoms with van der Waals surface area (Å²) in [4.78, 5) is 13.9. The molecule has 1 amide bonds. The minimum Gasteiger partial charge on any atom is -0.351 e. The fourth-order valence-corrected chi connectivity index (χ4v) is 2.07. The molecule has 0 radical (unpaired) electrons. The third-order valence-corrected chi connectivity index (χ3v) is 3.11. The Morgan fingerprint density at radius 2 is 1.85 bits per heavy atom. The summed E-state index contributed by atoms with van der Waals surface area (Å²) in [5, 5.41) is 5.77. The molecular formula is C13H18ClF2N3O. The maximum Gasteiger partial charge on any atom is 0.257 e. The maximum absolute atomic E-state index is 13.4. The number of rotatable bonds is 4. The van der Waals surface area contributed by atoms with Crippen LogP contribution in [0.5, 0.6) is 0 Å². The van der Waals surface area contributed by atoms with Crippen LogP contribution in [-0.2, 0) is 0 Å². The van der Waals surface area contributed by atoms with Gasteiger partial charge < -0.3 is 10.6 Å². The molecule has 0 unspecified atom stereocenters. The number of carbonyl (C=O) groups excluding carboxylic acids is 1. The number of piperazine rings is 1. The van der Waals surface area contributed by atoms with Crippen molar-refractivity contribution in [3.8, 4) is 0 Å². The number of nitrogens with zero attached hydrogens (tertiary/aromatic N) is 1. The number of nitrogens with one attached hydrogen (secondary N) is 2. The normalized spacial score (nSPS) is 15.5. The van der Waals surface area contributed by atoms with Gasteiger partial charge in [-0.3, -0.25) is 9.69 Å². The second kappa shape index (κ2) is 8.14. The van der Waals surface area contributed by atoms with Crippen LogP contribution in [0.3, 0.4) is 0 Å². The molecule has 0 aliphatic carbocycles. The average Bonchev–Trinajstić information content (AvgIpc) is 2.40. The molecule has 2 N–H and O–H groups in total. The maximum atomic E-state index is 13.4. The average molecular weight is 306 g/mol. The van der Waals surface area contributed by atoms with Crippen molar-refractivity contribution < 1.29 is 13.6 Å². The van der Waals surface area contributed by atoms with Gasteiger partial charge in [0.05, 0.1) is 0 Å². The van der Waals surface area contributed by atoms with Crippen molar-refractivity contribution in [1.82, 2.24) is 15.5 Å². The van der Waals surface area contributed by atoms with Crippen molar-refractivity contribution in [1.29, 1.82) is 0 Å². The van der Waals surface area contributed by atoms with Crippen LogP contribution in [0, 0.1) is 11.6 Å². The summed E-state index contributed by atoms with van der Waals surface area (Å²) in [6.45, 7) is 4.76. The molecule has 1 fully saturated rings. The summed E-state index contributed by atoms with van der Waals surface area (Å²) in [7, 11) is 0. The van der Waals surface area contributed by atoms with E-state index >= 15 is 0 Å². The number of hydrogen-bond donors (Lipinski definition) is 2. The van der Waals surface area contributed by atoms with Gasteiger partial charge in [-0.1, -0.05) is 6.07 Å². The van der Waals surface area contributed by atoms with Gasteiger partial charge in [-0.15, -0.1) is 12.4 Å². The van der Waals surface area contributed by atoms with Gasteiger partial charge in [0, 0.05) is 39.3 Å². The quantitative estimate of drug-likeness (QED) is 0.873.